The lowest BCUT2D eigenvalue weighted by Crippen LogP contribution is -2.55. The minimum absolute atomic E-state index is 0.0654. The average molecular weight is 430 g/mol. The van der Waals surface area contributed by atoms with Gasteiger partial charge in [0.2, 0.25) is 11.8 Å². The second-order valence-electron chi connectivity index (χ2n) is 6.86. The maximum absolute atomic E-state index is 12.5. The molecular weight excluding hydrogens is 402 g/mol. The number of carbonyl (C=O) groups excluding carboxylic acids is 2. The average Bonchev–Trinajstić information content (AvgIpc) is 2.73. The zero-order valence-electron chi connectivity index (χ0n) is 17.1. The number of methoxy groups -OCH3 is 1. The molecule has 2 unspecified atom stereocenters. The summed E-state index contributed by atoms with van der Waals surface area (Å²) in [6, 6.07) is 14.9. The summed E-state index contributed by atoms with van der Waals surface area (Å²) in [5, 5.41) is 9.16. The summed E-state index contributed by atoms with van der Waals surface area (Å²) < 4.78 is 10.8. The van der Waals surface area contributed by atoms with E-state index in [1.165, 1.54) is 0 Å². The van der Waals surface area contributed by atoms with Crippen LogP contribution in [0.2, 0.25) is 0 Å². The third kappa shape index (κ3) is 6.40. The molecule has 1 heterocycles. The molecule has 2 amide bonds. The Bertz CT molecular complexity index is 877. The molecule has 0 spiro atoms. The van der Waals surface area contributed by atoms with Gasteiger partial charge in [0.25, 0.3) is 0 Å². The van der Waals surface area contributed by atoms with Gasteiger partial charge in [-0.15, -0.1) is 11.8 Å². The van der Waals surface area contributed by atoms with Crippen molar-refractivity contribution < 1.29 is 19.1 Å². The van der Waals surface area contributed by atoms with Gasteiger partial charge in [-0.25, -0.2) is 0 Å². The van der Waals surface area contributed by atoms with Crippen LogP contribution >= 0.6 is 11.8 Å². The molecule has 1 saturated heterocycles. The highest BCUT2D eigenvalue weighted by Crippen LogP contribution is 2.25. The van der Waals surface area contributed by atoms with Crippen molar-refractivity contribution in [1.29, 1.82) is 0 Å². The van der Waals surface area contributed by atoms with Crippen LogP contribution in [0.5, 0.6) is 11.5 Å². The summed E-state index contributed by atoms with van der Waals surface area (Å²) in [5.74, 6) is 1.91. The van der Waals surface area contributed by atoms with Crippen molar-refractivity contribution in [2.45, 2.75) is 37.1 Å². The molecule has 3 N–H and O–H groups in total. The molecule has 3 rings (SSSR count). The van der Waals surface area contributed by atoms with E-state index in [-0.39, 0.29) is 36.2 Å². The Morgan fingerprint density at radius 2 is 2.07 bits per heavy atom. The summed E-state index contributed by atoms with van der Waals surface area (Å²) >= 11 is 1.57. The lowest BCUT2D eigenvalue weighted by Gasteiger charge is -2.31. The lowest BCUT2D eigenvalue weighted by atomic mass is 10.1. The summed E-state index contributed by atoms with van der Waals surface area (Å²) in [6.07, 6.45) is 0.459. The first-order chi connectivity index (χ1) is 14.6. The van der Waals surface area contributed by atoms with Crippen LogP contribution in [0, 0.1) is 0 Å². The highest BCUT2D eigenvalue weighted by Gasteiger charge is 2.27. The summed E-state index contributed by atoms with van der Waals surface area (Å²) in [6.45, 7) is 2.41. The molecule has 0 radical (unpaired) electrons. The molecule has 0 bridgehead atoms. The van der Waals surface area contributed by atoms with Crippen molar-refractivity contribution in [1.82, 2.24) is 10.6 Å². The Morgan fingerprint density at radius 3 is 2.87 bits per heavy atom. The van der Waals surface area contributed by atoms with Gasteiger partial charge >= 0.3 is 0 Å². The number of para-hydroxylation sites is 2. The van der Waals surface area contributed by atoms with Gasteiger partial charge in [0.05, 0.1) is 19.4 Å². The highest BCUT2D eigenvalue weighted by atomic mass is 32.2. The van der Waals surface area contributed by atoms with Gasteiger partial charge < -0.3 is 20.1 Å². The number of amides is 2. The summed E-state index contributed by atoms with van der Waals surface area (Å²) in [5.41, 5.74) is 1.47. The van der Waals surface area contributed by atoms with Crippen molar-refractivity contribution in [2.24, 2.45) is 0 Å². The van der Waals surface area contributed by atoms with Crippen LogP contribution in [0.15, 0.2) is 48.5 Å². The van der Waals surface area contributed by atoms with Crippen LogP contribution in [-0.4, -0.2) is 37.1 Å². The number of hydrogen-bond acceptors (Lipinski definition) is 6. The first-order valence-corrected chi connectivity index (χ1v) is 10.9. The normalized spacial score (nSPS) is 18.4. The standard InChI is InChI=1S/C22H27N3O4S/c1-3-29-19-10-5-4-9-18(19)24-20(26)12-16-13-21(27)25-22(23-16)30-14-15-7-6-8-17(11-15)28-2/h4-11,16,22-23H,3,12-14H2,1-2H3,(H,24,26)(H,25,27). The van der Waals surface area contributed by atoms with E-state index in [0.29, 0.717) is 23.8 Å². The molecular formula is C22H27N3O4S. The van der Waals surface area contributed by atoms with E-state index in [9.17, 15) is 9.59 Å². The SMILES string of the molecule is CCOc1ccccc1NC(=O)CC1CC(=O)NC(SCc2cccc(OC)c2)N1. The first kappa shape index (κ1) is 22.0. The van der Waals surface area contributed by atoms with Crippen molar-refractivity contribution in [3.05, 3.63) is 54.1 Å². The maximum Gasteiger partial charge on any atom is 0.226 e. The number of nitrogens with one attached hydrogen (secondary N) is 3. The molecule has 1 aliphatic rings. The number of rotatable bonds is 9. The van der Waals surface area contributed by atoms with Gasteiger partial charge in [0, 0.05) is 24.6 Å². The van der Waals surface area contributed by atoms with Crippen LogP contribution in [-0.2, 0) is 15.3 Å². The number of benzene rings is 2. The van der Waals surface area contributed by atoms with Gasteiger partial charge in [-0.2, -0.15) is 0 Å². The summed E-state index contributed by atoms with van der Waals surface area (Å²) in [7, 11) is 1.64. The Kier molecular flexibility index (Phi) is 7.98. The highest BCUT2D eigenvalue weighted by molar-refractivity contribution is 7.99. The van der Waals surface area contributed by atoms with Crippen LogP contribution in [0.1, 0.15) is 25.3 Å². The molecule has 2 aromatic carbocycles. The van der Waals surface area contributed by atoms with Crippen LogP contribution < -0.4 is 25.4 Å². The molecule has 0 aromatic heterocycles. The van der Waals surface area contributed by atoms with E-state index >= 15 is 0 Å². The largest absolute Gasteiger partial charge is 0.497 e. The lowest BCUT2D eigenvalue weighted by molar-refractivity contribution is -0.124. The van der Waals surface area contributed by atoms with Crippen molar-refractivity contribution in [3.63, 3.8) is 0 Å². The minimum Gasteiger partial charge on any atom is -0.497 e. The second-order valence-corrected chi connectivity index (χ2v) is 7.95. The Hall–Kier alpha value is -2.71. The van der Waals surface area contributed by atoms with Gasteiger partial charge in [-0.1, -0.05) is 24.3 Å². The molecule has 7 nitrogen and oxygen atoms in total. The number of hydrogen-bond donors (Lipinski definition) is 3. The van der Waals surface area contributed by atoms with Crippen LogP contribution in [0.25, 0.3) is 0 Å². The van der Waals surface area contributed by atoms with Crippen LogP contribution in [0.3, 0.4) is 0 Å². The van der Waals surface area contributed by atoms with Crippen LogP contribution in [0.4, 0.5) is 5.69 Å². The topological polar surface area (TPSA) is 88.7 Å². The maximum atomic E-state index is 12.5. The van der Waals surface area contributed by atoms with Crippen molar-refractivity contribution >= 4 is 29.3 Å². The predicted molar refractivity (Wildman–Crippen MR) is 119 cm³/mol. The summed E-state index contributed by atoms with van der Waals surface area (Å²) in [4.78, 5) is 24.7. The van der Waals surface area contributed by atoms with E-state index in [2.05, 4.69) is 16.0 Å². The number of anilines is 1. The minimum atomic E-state index is -0.258. The van der Waals surface area contributed by atoms with E-state index in [4.69, 9.17) is 9.47 Å². The fraction of sp³-hybridized carbons (Fsp3) is 0.364. The molecule has 8 heteroatoms. The molecule has 0 saturated carbocycles. The van der Waals surface area contributed by atoms with Gasteiger partial charge in [-0.3, -0.25) is 14.9 Å². The molecule has 2 atom stereocenters. The van der Waals surface area contributed by atoms with Gasteiger partial charge in [-0.05, 0) is 36.8 Å². The third-order valence-corrected chi connectivity index (χ3v) is 5.64. The third-order valence-electron chi connectivity index (χ3n) is 4.55. The predicted octanol–water partition coefficient (Wildman–Crippen LogP) is 3.12. The second kappa shape index (κ2) is 10.9. The molecule has 30 heavy (non-hydrogen) atoms. The van der Waals surface area contributed by atoms with E-state index in [1.807, 2.05) is 49.4 Å². The monoisotopic (exact) mass is 429 g/mol. The number of thioether (sulfide) groups is 1. The first-order valence-electron chi connectivity index (χ1n) is 9.89. The zero-order chi connectivity index (χ0) is 21.3. The van der Waals surface area contributed by atoms with Crippen molar-refractivity contribution in [3.8, 4) is 11.5 Å². The molecule has 2 aromatic rings. The Morgan fingerprint density at radius 1 is 1.23 bits per heavy atom. The quantitative estimate of drug-likeness (QED) is 0.568. The zero-order valence-corrected chi connectivity index (χ0v) is 18.0. The van der Waals surface area contributed by atoms with E-state index in [1.54, 1.807) is 24.9 Å². The van der Waals surface area contributed by atoms with E-state index in [0.717, 1.165) is 11.3 Å². The molecule has 1 aliphatic heterocycles. The number of carbonyl (C=O) groups is 2. The number of ether oxygens (including phenoxy) is 2. The Balaban J connectivity index is 1.53. The van der Waals surface area contributed by atoms with Gasteiger partial charge in [0.1, 0.15) is 17.0 Å². The fourth-order valence-electron chi connectivity index (χ4n) is 3.18. The van der Waals surface area contributed by atoms with E-state index < -0.39 is 0 Å². The molecule has 0 aliphatic carbocycles. The molecule has 1 fully saturated rings. The van der Waals surface area contributed by atoms with Gasteiger partial charge in [0.15, 0.2) is 0 Å². The smallest absolute Gasteiger partial charge is 0.226 e. The Labute approximate surface area is 180 Å². The molecule has 160 valence electrons. The fourth-order valence-corrected chi connectivity index (χ4v) is 4.22. The van der Waals surface area contributed by atoms with Crippen molar-refractivity contribution in [2.75, 3.05) is 19.0 Å².